The van der Waals surface area contributed by atoms with Crippen molar-refractivity contribution < 1.29 is 14.3 Å². The first-order chi connectivity index (χ1) is 6.38. The second kappa shape index (κ2) is 3.58. The molecule has 1 aliphatic heterocycles. The number of carbonyl (C=O) groups is 1. The van der Waals surface area contributed by atoms with Gasteiger partial charge in [0.1, 0.15) is 24.7 Å². The van der Waals surface area contributed by atoms with Gasteiger partial charge >= 0.3 is 0 Å². The molecule has 0 bridgehead atoms. The van der Waals surface area contributed by atoms with Crippen LogP contribution in [0, 0.1) is 0 Å². The van der Waals surface area contributed by atoms with Gasteiger partial charge in [0.2, 0.25) is 0 Å². The van der Waals surface area contributed by atoms with Crippen molar-refractivity contribution in [3.05, 3.63) is 29.8 Å². The number of rotatable bonds is 4. The Morgan fingerprint density at radius 1 is 1.46 bits per heavy atom. The van der Waals surface area contributed by atoms with Crippen molar-refractivity contribution in [3.63, 3.8) is 0 Å². The highest BCUT2D eigenvalue weighted by atomic mass is 16.6. The summed E-state index contributed by atoms with van der Waals surface area (Å²) in [6, 6.07) is 7.03. The van der Waals surface area contributed by atoms with E-state index in [4.69, 9.17) is 9.47 Å². The predicted molar refractivity (Wildman–Crippen MR) is 47.1 cm³/mol. The van der Waals surface area contributed by atoms with E-state index in [0.717, 1.165) is 18.6 Å². The molecule has 1 aromatic rings. The molecule has 3 heteroatoms. The lowest BCUT2D eigenvalue weighted by molar-refractivity contribution is 0.112. The molecule has 1 aliphatic rings. The van der Waals surface area contributed by atoms with Gasteiger partial charge in [0.15, 0.2) is 0 Å². The Bertz CT molecular complexity index is 288. The molecule has 0 amide bonds. The Morgan fingerprint density at radius 2 is 2.15 bits per heavy atom. The quantitative estimate of drug-likeness (QED) is 0.515. The molecule has 0 spiro atoms. The maximum absolute atomic E-state index is 10.3. The minimum Gasteiger partial charge on any atom is -0.491 e. The maximum atomic E-state index is 10.3. The smallest absolute Gasteiger partial charge is 0.150 e. The van der Waals surface area contributed by atoms with Crippen LogP contribution in [0.2, 0.25) is 0 Å². The molecular weight excluding hydrogens is 168 g/mol. The van der Waals surface area contributed by atoms with E-state index in [0.29, 0.717) is 12.2 Å². The summed E-state index contributed by atoms with van der Waals surface area (Å²) >= 11 is 0. The SMILES string of the molecule is O=Cc1ccc(OC[C@H]2CO2)cc1. The van der Waals surface area contributed by atoms with E-state index in [1.807, 2.05) is 0 Å². The average Bonchev–Trinajstić information content (AvgIpc) is 2.99. The summed E-state index contributed by atoms with van der Waals surface area (Å²) < 4.78 is 10.4. The second-order valence-electron chi connectivity index (χ2n) is 2.95. The van der Waals surface area contributed by atoms with Crippen molar-refractivity contribution in [2.75, 3.05) is 13.2 Å². The molecule has 3 nitrogen and oxygen atoms in total. The van der Waals surface area contributed by atoms with E-state index in [9.17, 15) is 4.79 Å². The van der Waals surface area contributed by atoms with Crippen molar-refractivity contribution in [1.82, 2.24) is 0 Å². The molecule has 0 saturated carbocycles. The average molecular weight is 178 g/mol. The van der Waals surface area contributed by atoms with Crippen molar-refractivity contribution in [1.29, 1.82) is 0 Å². The van der Waals surface area contributed by atoms with Crippen LogP contribution in [0.3, 0.4) is 0 Å². The molecular formula is C10H10O3. The summed E-state index contributed by atoms with van der Waals surface area (Å²) in [7, 11) is 0. The number of epoxide rings is 1. The van der Waals surface area contributed by atoms with E-state index in [1.54, 1.807) is 24.3 Å². The van der Waals surface area contributed by atoms with Crippen LogP contribution in [0.4, 0.5) is 0 Å². The van der Waals surface area contributed by atoms with Gasteiger partial charge in [-0.05, 0) is 24.3 Å². The van der Waals surface area contributed by atoms with Gasteiger partial charge < -0.3 is 9.47 Å². The molecule has 0 unspecified atom stereocenters. The lowest BCUT2D eigenvalue weighted by Gasteiger charge is -2.02. The van der Waals surface area contributed by atoms with Crippen molar-refractivity contribution in [2.45, 2.75) is 6.10 Å². The monoisotopic (exact) mass is 178 g/mol. The number of aldehydes is 1. The Kier molecular flexibility index (Phi) is 2.27. The Morgan fingerprint density at radius 3 is 2.69 bits per heavy atom. The zero-order chi connectivity index (χ0) is 9.10. The summed E-state index contributed by atoms with van der Waals surface area (Å²) in [5.74, 6) is 0.779. The Balaban J connectivity index is 1.91. The topological polar surface area (TPSA) is 38.8 Å². The second-order valence-corrected chi connectivity index (χ2v) is 2.95. The minimum absolute atomic E-state index is 0.269. The van der Waals surface area contributed by atoms with Gasteiger partial charge in [-0.2, -0.15) is 0 Å². The summed E-state index contributed by atoms with van der Waals surface area (Å²) in [5.41, 5.74) is 0.662. The lowest BCUT2D eigenvalue weighted by Crippen LogP contribution is -2.03. The third kappa shape index (κ3) is 2.29. The van der Waals surface area contributed by atoms with Crippen molar-refractivity contribution >= 4 is 6.29 Å². The fourth-order valence-electron chi connectivity index (χ4n) is 0.996. The van der Waals surface area contributed by atoms with Crippen LogP contribution in [0.1, 0.15) is 10.4 Å². The first kappa shape index (κ1) is 8.26. The molecule has 1 saturated heterocycles. The van der Waals surface area contributed by atoms with Gasteiger partial charge in [-0.3, -0.25) is 4.79 Å². The minimum atomic E-state index is 0.269. The molecule has 68 valence electrons. The molecule has 0 radical (unpaired) electrons. The fourth-order valence-corrected chi connectivity index (χ4v) is 0.996. The van der Waals surface area contributed by atoms with E-state index < -0.39 is 0 Å². The van der Waals surface area contributed by atoms with Crippen LogP contribution in [0.5, 0.6) is 5.75 Å². The van der Waals surface area contributed by atoms with E-state index in [2.05, 4.69) is 0 Å². The van der Waals surface area contributed by atoms with Gasteiger partial charge in [0.25, 0.3) is 0 Å². The molecule has 1 heterocycles. The molecule has 2 rings (SSSR count). The highest BCUT2D eigenvalue weighted by molar-refractivity contribution is 5.74. The van der Waals surface area contributed by atoms with E-state index >= 15 is 0 Å². The van der Waals surface area contributed by atoms with Gasteiger partial charge in [-0.25, -0.2) is 0 Å². The van der Waals surface area contributed by atoms with Crippen LogP contribution in [0.25, 0.3) is 0 Å². The van der Waals surface area contributed by atoms with Crippen LogP contribution in [0.15, 0.2) is 24.3 Å². The molecule has 1 fully saturated rings. The molecule has 0 aliphatic carbocycles. The Hall–Kier alpha value is -1.35. The maximum Gasteiger partial charge on any atom is 0.150 e. The number of hydrogen-bond acceptors (Lipinski definition) is 3. The van der Waals surface area contributed by atoms with Gasteiger partial charge in [-0.1, -0.05) is 0 Å². The number of benzene rings is 1. The predicted octanol–water partition coefficient (Wildman–Crippen LogP) is 1.28. The number of ether oxygens (including phenoxy) is 2. The summed E-state index contributed by atoms with van der Waals surface area (Å²) in [6.45, 7) is 1.40. The third-order valence-corrected chi connectivity index (χ3v) is 1.85. The van der Waals surface area contributed by atoms with Gasteiger partial charge in [-0.15, -0.1) is 0 Å². The highest BCUT2D eigenvalue weighted by Crippen LogP contribution is 2.14. The van der Waals surface area contributed by atoms with E-state index in [-0.39, 0.29) is 6.10 Å². The number of carbonyl (C=O) groups excluding carboxylic acids is 1. The normalized spacial score (nSPS) is 19.5. The molecule has 1 aromatic carbocycles. The van der Waals surface area contributed by atoms with Crippen molar-refractivity contribution in [3.8, 4) is 5.75 Å². The largest absolute Gasteiger partial charge is 0.491 e. The first-order valence-corrected chi connectivity index (χ1v) is 4.18. The Labute approximate surface area is 76.3 Å². The standard InChI is InChI=1S/C10H10O3/c11-5-8-1-3-9(4-2-8)12-6-10-7-13-10/h1-5,10H,6-7H2/t10-/m0/s1. The molecule has 0 N–H and O–H groups in total. The van der Waals surface area contributed by atoms with Crippen LogP contribution in [-0.4, -0.2) is 25.6 Å². The van der Waals surface area contributed by atoms with Gasteiger partial charge in [0.05, 0.1) is 6.61 Å². The highest BCUT2D eigenvalue weighted by Gasteiger charge is 2.22. The van der Waals surface area contributed by atoms with E-state index in [1.165, 1.54) is 0 Å². The van der Waals surface area contributed by atoms with Crippen LogP contribution in [-0.2, 0) is 4.74 Å². The van der Waals surface area contributed by atoms with Crippen molar-refractivity contribution in [2.24, 2.45) is 0 Å². The fraction of sp³-hybridized carbons (Fsp3) is 0.300. The summed E-state index contributed by atoms with van der Waals surface area (Å²) in [5, 5.41) is 0. The zero-order valence-corrected chi connectivity index (χ0v) is 7.10. The van der Waals surface area contributed by atoms with Crippen LogP contribution < -0.4 is 4.74 Å². The first-order valence-electron chi connectivity index (χ1n) is 4.18. The summed E-state index contributed by atoms with van der Waals surface area (Å²) in [6.07, 6.45) is 1.08. The lowest BCUT2D eigenvalue weighted by atomic mass is 10.2. The molecule has 1 atom stereocenters. The number of hydrogen-bond donors (Lipinski definition) is 0. The molecule has 0 aromatic heterocycles. The molecule has 13 heavy (non-hydrogen) atoms. The zero-order valence-electron chi connectivity index (χ0n) is 7.10. The third-order valence-electron chi connectivity index (χ3n) is 1.85. The van der Waals surface area contributed by atoms with Gasteiger partial charge in [0, 0.05) is 5.56 Å². The summed E-state index contributed by atoms with van der Waals surface area (Å²) in [4.78, 5) is 10.3. The van der Waals surface area contributed by atoms with Crippen LogP contribution >= 0.6 is 0 Å².